The second-order valence-corrected chi connectivity index (χ2v) is 6.44. The number of hydrogen-bond acceptors (Lipinski definition) is 2. The standard InChI is InChI=1S/C18H23ClN2/c1-3-18(4-2)9-10-21(13-18)17-16-8-6-5-7-14(16)11-15(12-19)20-17/h5-8,11H,3-4,9-10,12-13H2,1-2H3. The predicted molar refractivity (Wildman–Crippen MR) is 91.1 cm³/mol. The monoisotopic (exact) mass is 302 g/mol. The van der Waals surface area contributed by atoms with Crippen LogP contribution in [-0.2, 0) is 5.88 Å². The van der Waals surface area contributed by atoms with Crippen molar-refractivity contribution in [2.24, 2.45) is 5.41 Å². The molecule has 2 aromatic rings. The van der Waals surface area contributed by atoms with Crippen LogP contribution in [0.3, 0.4) is 0 Å². The van der Waals surface area contributed by atoms with E-state index in [0.717, 1.165) is 24.6 Å². The normalized spacial score (nSPS) is 17.6. The van der Waals surface area contributed by atoms with Crippen molar-refractivity contribution in [3.8, 4) is 0 Å². The van der Waals surface area contributed by atoms with E-state index in [1.54, 1.807) is 0 Å². The molecule has 1 aromatic heterocycles. The second kappa shape index (κ2) is 5.84. The van der Waals surface area contributed by atoms with E-state index >= 15 is 0 Å². The van der Waals surface area contributed by atoms with Crippen LogP contribution in [0.25, 0.3) is 10.8 Å². The Morgan fingerprint density at radius 1 is 1.24 bits per heavy atom. The third kappa shape index (κ3) is 2.62. The number of alkyl halides is 1. The van der Waals surface area contributed by atoms with Gasteiger partial charge in [0.15, 0.2) is 0 Å². The molecule has 1 aliphatic rings. The topological polar surface area (TPSA) is 16.1 Å². The number of hydrogen-bond donors (Lipinski definition) is 0. The van der Waals surface area contributed by atoms with Gasteiger partial charge in [0, 0.05) is 18.5 Å². The highest BCUT2D eigenvalue weighted by Crippen LogP contribution is 2.40. The molecule has 3 rings (SSSR count). The number of nitrogens with zero attached hydrogens (tertiary/aromatic N) is 2. The summed E-state index contributed by atoms with van der Waals surface area (Å²) in [5.74, 6) is 1.59. The summed E-state index contributed by atoms with van der Waals surface area (Å²) >= 11 is 6.04. The summed E-state index contributed by atoms with van der Waals surface area (Å²) in [7, 11) is 0. The van der Waals surface area contributed by atoms with Crippen LogP contribution in [0.2, 0.25) is 0 Å². The maximum absolute atomic E-state index is 6.04. The first kappa shape index (κ1) is 14.6. The van der Waals surface area contributed by atoms with Gasteiger partial charge in [0.1, 0.15) is 5.82 Å². The molecule has 3 heteroatoms. The lowest BCUT2D eigenvalue weighted by Crippen LogP contribution is -2.27. The molecular formula is C18H23ClN2. The summed E-state index contributed by atoms with van der Waals surface area (Å²) in [4.78, 5) is 7.29. The van der Waals surface area contributed by atoms with Crippen molar-refractivity contribution in [3.05, 3.63) is 36.0 Å². The number of anilines is 1. The fraction of sp³-hybridized carbons (Fsp3) is 0.500. The Labute approximate surface area is 132 Å². The molecule has 1 aliphatic heterocycles. The van der Waals surface area contributed by atoms with Gasteiger partial charge >= 0.3 is 0 Å². The van der Waals surface area contributed by atoms with Crippen molar-refractivity contribution in [3.63, 3.8) is 0 Å². The van der Waals surface area contributed by atoms with E-state index < -0.39 is 0 Å². The van der Waals surface area contributed by atoms with E-state index in [2.05, 4.69) is 49.1 Å². The summed E-state index contributed by atoms with van der Waals surface area (Å²) in [5.41, 5.74) is 1.43. The number of halogens is 1. The summed E-state index contributed by atoms with van der Waals surface area (Å²) in [6.07, 6.45) is 3.75. The molecule has 0 atom stereocenters. The Morgan fingerprint density at radius 3 is 2.67 bits per heavy atom. The lowest BCUT2D eigenvalue weighted by atomic mass is 9.82. The van der Waals surface area contributed by atoms with Crippen LogP contribution >= 0.6 is 11.6 Å². The molecule has 1 aromatic carbocycles. The summed E-state index contributed by atoms with van der Waals surface area (Å²) < 4.78 is 0. The van der Waals surface area contributed by atoms with Gasteiger partial charge in [-0.25, -0.2) is 4.98 Å². The summed E-state index contributed by atoms with van der Waals surface area (Å²) in [5, 5.41) is 2.48. The van der Waals surface area contributed by atoms with Crippen molar-refractivity contribution in [2.45, 2.75) is 39.0 Å². The fourth-order valence-corrected chi connectivity index (χ4v) is 3.62. The lowest BCUT2D eigenvalue weighted by Gasteiger charge is -2.27. The molecule has 0 unspecified atom stereocenters. The minimum atomic E-state index is 0.458. The summed E-state index contributed by atoms with van der Waals surface area (Å²) in [6.45, 7) is 6.84. The first-order valence-electron chi connectivity index (χ1n) is 7.91. The molecule has 0 spiro atoms. The first-order chi connectivity index (χ1) is 10.2. The van der Waals surface area contributed by atoms with Crippen LogP contribution in [0, 0.1) is 5.41 Å². The molecular weight excluding hydrogens is 280 g/mol. The predicted octanol–water partition coefficient (Wildman–Crippen LogP) is 4.99. The van der Waals surface area contributed by atoms with Crippen molar-refractivity contribution in [2.75, 3.05) is 18.0 Å². The van der Waals surface area contributed by atoms with E-state index in [9.17, 15) is 0 Å². The van der Waals surface area contributed by atoms with Gasteiger partial charge in [-0.05, 0) is 36.1 Å². The lowest BCUT2D eigenvalue weighted by molar-refractivity contribution is 0.301. The minimum absolute atomic E-state index is 0.458. The molecule has 0 saturated carbocycles. The van der Waals surface area contributed by atoms with E-state index in [-0.39, 0.29) is 0 Å². The number of rotatable bonds is 4. The van der Waals surface area contributed by atoms with Crippen LogP contribution in [0.5, 0.6) is 0 Å². The third-order valence-electron chi connectivity index (χ3n) is 5.15. The highest BCUT2D eigenvalue weighted by Gasteiger charge is 2.36. The SMILES string of the molecule is CCC1(CC)CCN(c2nc(CCl)cc3ccccc23)C1. The Kier molecular flexibility index (Phi) is 4.08. The molecule has 112 valence electrons. The van der Waals surface area contributed by atoms with Gasteiger partial charge in [-0.1, -0.05) is 38.1 Å². The fourth-order valence-electron chi connectivity index (χ4n) is 3.49. The van der Waals surface area contributed by atoms with Crippen LogP contribution in [0.15, 0.2) is 30.3 Å². The van der Waals surface area contributed by atoms with Crippen LogP contribution in [0.4, 0.5) is 5.82 Å². The Balaban J connectivity index is 2.04. The van der Waals surface area contributed by atoms with Crippen molar-refractivity contribution in [1.82, 2.24) is 4.98 Å². The third-order valence-corrected chi connectivity index (χ3v) is 5.42. The van der Waals surface area contributed by atoms with E-state index in [4.69, 9.17) is 16.6 Å². The zero-order valence-electron chi connectivity index (χ0n) is 12.9. The maximum atomic E-state index is 6.04. The number of pyridine rings is 1. The van der Waals surface area contributed by atoms with E-state index in [1.807, 2.05) is 0 Å². The molecule has 0 aliphatic carbocycles. The quantitative estimate of drug-likeness (QED) is 0.740. The second-order valence-electron chi connectivity index (χ2n) is 6.17. The van der Waals surface area contributed by atoms with Crippen molar-refractivity contribution >= 4 is 28.2 Å². The Bertz CT molecular complexity index is 634. The highest BCUT2D eigenvalue weighted by molar-refractivity contribution is 6.17. The first-order valence-corrected chi connectivity index (χ1v) is 8.44. The molecule has 2 heterocycles. The average molecular weight is 303 g/mol. The van der Waals surface area contributed by atoms with Gasteiger partial charge in [0.25, 0.3) is 0 Å². The van der Waals surface area contributed by atoms with Gasteiger partial charge in [-0.15, -0.1) is 11.6 Å². The molecule has 0 bridgehead atoms. The molecule has 0 N–H and O–H groups in total. The zero-order valence-corrected chi connectivity index (χ0v) is 13.7. The molecule has 0 amide bonds. The minimum Gasteiger partial charge on any atom is -0.356 e. The van der Waals surface area contributed by atoms with E-state index in [1.165, 1.54) is 30.0 Å². The highest BCUT2D eigenvalue weighted by atomic mass is 35.5. The van der Waals surface area contributed by atoms with Crippen molar-refractivity contribution < 1.29 is 0 Å². The maximum Gasteiger partial charge on any atom is 0.136 e. The Hall–Kier alpha value is -1.28. The number of aromatic nitrogens is 1. The van der Waals surface area contributed by atoms with Gasteiger partial charge in [0.05, 0.1) is 11.6 Å². The van der Waals surface area contributed by atoms with Crippen LogP contribution in [-0.4, -0.2) is 18.1 Å². The van der Waals surface area contributed by atoms with Gasteiger partial charge in [0.2, 0.25) is 0 Å². The molecule has 2 nitrogen and oxygen atoms in total. The van der Waals surface area contributed by atoms with E-state index in [0.29, 0.717) is 11.3 Å². The van der Waals surface area contributed by atoms with Gasteiger partial charge in [-0.3, -0.25) is 0 Å². The van der Waals surface area contributed by atoms with Gasteiger partial charge in [-0.2, -0.15) is 0 Å². The molecule has 0 radical (unpaired) electrons. The number of fused-ring (bicyclic) bond motifs is 1. The smallest absolute Gasteiger partial charge is 0.136 e. The van der Waals surface area contributed by atoms with Crippen LogP contribution in [0.1, 0.15) is 38.8 Å². The van der Waals surface area contributed by atoms with Gasteiger partial charge < -0.3 is 4.90 Å². The molecule has 21 heavy (non-hydrogen) atoms. The summed E-state index contributed by atoms with van der Waals surface area (Å²) in [6, 6.07) is 10.6. The average Bonchev–Trinajstić information content (AvgIpc) is 2.99. The molecule has 1 fully saturated rings. The Morgan fingerprint density at radius 2 is 2.00 bits per heavy atom. The molecule has 1 saturated heterocycles. The van der Waals surface area contributed by atoms with Crippen LogP contribution < -0.4 is 4.90 Å². The largest absolute Gasteiger partial charge is 0.356 e. The zero-order chi connectivity index (χ0) is 14.9. The number of benzene rings is 1. The van der Waals surface area contributed by atoms with Crippen molar-refractivity contribution in [1.29, 1.82) is 0 Å².